The van der Waals surface area contributed by atoms with Crippen molar-refractivity contribution in [2.24, 2.45) is 0 Å². The number of amides is 2. The number of hydrogen-bond acceptors (Lipinski definition) is 3. The lowest BCUT2D eigenvalue weighted by Crippen LogP contribution is -2.35. The topological polar surface area (TPSA) is 54.5 Å². The first-order valence-corrected chi connectivity index (χ1v) is 7.12. The van der Waals surface area contributed by atoms with Gasteiger partial charge in [-0.05, 0) is 18.2 Å². The van der Waals surface area contributed by atoms with Crippen LogP contribution in [0.25, 0.3) is 0 Å². The number of hydrogen-bond donors (Lipinski definition) is 0. The van der Waals surface area contributed by atoms with Gasteiger partial charge >= 0.3 is 0 Å². The third-order valence-electron chi connectivity index (χ3n) is 3.35. The summed E-state index contributed by atoms with van der Waals surface area (Å²) in [5.74, 6) is -1.12. The maximum Gasteiger partial charge on any atom is 0.261 e. The summed E-state index contributed by atoms with van der Waals surface area (Å²) in [4.78, 5) is 37.7. The minimum absolute atomic E-state index is 0.255. The fraction of sp³-hybridized carbons (Fsp3) is 0.0625. The van der Waals surface area contributed by atoms with Crippen molar-refractivity contribution in [2.45, 2.75) is 0 Å². The molecule has 2 aromatic carbocycles. The van der Waals surface area contributed by atoms with E-state index in [-0.39, 0.29) is 12.3 Å². The van der Waals surface area contributed by atoms with Crippen LogP contribution in [0, 0.1) is 0 Å². The molecule has 0 unspecified atom stereocenters. The van der Waals surface area contributed by atoms with Crippen molar-refractivity contribution in [3.8, 4) is 0 Å². The summed E-state index contributed by atoms with van der Waals surface area (Å²) < 4.78 is 0.645. The fourth-order valence-electron chi connectivity index (χ4n) is 2.30. The van der Waals surface area contributed by atoms with E-state index in [1.807, 2.05) is 0 Å². The second-order valence-electron chi connectivity index (χ2n) is 4.65. The monoisotopic (exact) mass is 343 g/mol. The van der Waals surface area contributed by atoms with Crippen molar-refractivity contribution in [2.75, 3.05) is 6.54 Å². The smallest absolute Gasteiger partial charge is 0.261 e. The average molecular weight is 344 g/mol. The Bertz CT molecular complexity index is 735. The van der Waals surface area contributed by atoms with Crippen LogP contribution in [-0.2, 0) is 0 Å². The van der Waals surface area contributed by atoms with E-state index in [1.54, 1.807) is 48.5 Å². The molecule has 2 aromatic rings. The number of benzene rings is 2. The summed E-state index contributed by atoms with van der Waals surface area (Å²) in [6.45, 7) is -0.255. The molecule has 0 atom stereocenters. The molecule has 0 aromatic heterocycles. The van der Waals surface area contributed by atoms with E-state index in [2.05, 4.69) is 15.9 Å². The standard InChI is InChI=1S/C16H10BrNO3/c17-13-8-4-3-7-12(13)14(19)9-18-15(20)10-5-1-2-6-11(10)16(18)21/h1-8H,9H2. The van der Waals surface area contributed by atoms with Crippen LogP contribution in [0.4, 0.5) is 0 Å². The molecular formula is C16H10BrNO3. The largest absolute Gasteiger partial charge is 0.292 e. The van der Waals surface area contributed by atoms with Gasteiger partial charge in [0.1, 0.15) is 0 Å². The van der Waals surface area contributed by atoms with Crippen LogP contribution in [0.2, 0.25) is 0 Å². The number of imide groups is 1. The highest BCUT2D eigenvalue weighted by atomic mass is 79.9. The highest BCUT2D eigenvalue weighted by Gasteiger charge is 2.36. The van der Waals surface area contributed by atoms with E-state index >= 15 is 0 Å². The molecule has 3 rings (SSSR count). The minimum atomic E-state index is -0.420. The lowest BCUT2D eigenvalue weighted by molar-refractivity contribution is 0.0624. The summed E-state index contributed by atoms with van der Waals surface area (Å²) in [7, 11) is 0. The molecule has 0 N–H and O–H groups in total. The molecule has 1 aliphatic heterocycles. The van der Waals surface area contributed by atoms with Gasteiger partial charge in [-0.15, -0.1) is 0 Å². The summed E-state index contributed by atoms with van der Waals surface area (Å²) >= 11 is 3.30. The van der Waals surface area contributed by atoms with Crippen LogP contribution in [0.1, 0.15) is 31.1 Å². The molecule has 0 saturated carbocycles. The van der Waals surface area contributed by atoms with Crippen LogP contribution < -0.4 is 0 Å². The van der Waals surface area contributed by atoms with Crippen LogP contribution in [0.15, 0.2) is 53.0 Å². The molecule has 21 heavy (non-hydrogen) atoms. The Balaban J connectivity index is 1.88. The van der Waals surface area contributed by atoms with E-state index < -0.39 is 11.8 Å². The molecule has 0 spiro atoms. The molecule has 0 fully saturated rings. The molecule has 0 aliphatic carbocycles. The number of carbonyl (C=O) groups excluding carboxylic acids is 3. The number of halogens is 1. The zero-order valence-electron chi connectivity index (χ0n) is 10.9. The van der Waals surface area contributed by atoms with Crippen LogP contribution >= 0.6 is 15.9 Å². The maximum absolute atomic E-state index is 12.3. The number of carbonyl (C=O) groups is 3. The van der Waals surface area contributed by atoms with Crippen molar-refractivity contribution in [1.29, 1.82) is 0 Å². The summed E-state index contributed by atoms with van der Waals surface area (Å²) in [5.41, 5.74) is 1.15. The second kappa shape index (κ2) is 5.26. The van der Waals surface area contributed by atoms with Gasteiger partial charge in [-0.25, -0.2) is 0 Å². The number of nitrogens with zero attached hydrogens (tertiary/aromatic N) is 1. The molecule has 4 nitrogen and oxygen atoms in total. The maximum atomic E-state index is 12.3. The highest BCUT2D eigenvalue weighted by molar-refractivity contribution is 9.10. The molecular weight excluding hydrogens is 334 g/mol. The van der Waals surface area contributed by atoms with Gasteiger partial charge < -0.3 is 0 Å². The first-order chi connectivity index (χ1) is 10.1. The van der Waals surface area contributed by atoms with E-state index in [4.69, 9.17) is 0 Å². The number of Topliss-reactive ketones (excluding diaryl/α,β-unsaturated/α-hetero) is 1. The molecule has 5 heteroatoms. The Morgan fingerprint density at radius 1 is 0.905 bits per heavy atom. The Morgan fingerprint density at radius 3 is 2.00 bits per heavy atom. The van der Waals surface area contributed by atoms with Crippen LogP contribution in [0.3, 0.4) is 0 Å². The van der Waals surface area contributed by atoms with Gasteiger partial charge in [-0.2, -0.15) is 0 Å². The molecule has 1 aliphatic rings. The van der Waals surface area contributed by atoms with E-state index in [1.165, 1.54) is 0 Å². The minimum Gasteiger partial charge on any atom is -0.292 e. The summed E-state index contributed by atoms with van der Waals surface area (Å²) in [6, 6.07) is 13.5. The highest BCUT2D eigenvalue weighted by Crippen LogP contribution is 2.23. The van der Waals surface area contributed by atoms with Crippen LogP contribution in [-0.4, -0.2) is 29.0 Å². The van der Waals surface area contributed by atoms with E-state index in [0.717, 1.165) is 4.90 Å². The molecule has 1 heterocycles. The molecule has 0 radical (unpaired) electrons. The van der Waals surface area contributed by atoms with Gasteiger partial charge in [0.05, 0.1) is 17.7 Å². The molecule has 2 amide bonds. The van der Waals surface area contributed by atoms with Gasteiger partial charge in [-0.1, -0.05) is 46.3 Å². The summed E-state index contributed by atoms with van der Waals surface area (Å²) in [5, 5.41) is 0. The van der Waals surface area contributed by atoms with Crippen molar-refractivity contribution in [3.05, 3.63) is 69.7 Å². The third kappa shape index (κ3) is 2.29. The first kappa shape index (κ1) is 13.7. The Hall–Kier alpha value is -2.27. The predicted octanol–water partition coefficient (Wildman–Crippen LogP) is 2.93. The molecule has 0 bridgehead atoms. The quantitative estimate of drug-likeness (QED) is 0.636. The average Bonchev–Trinajstić information content (AvgIpc) is 2.73. The third-order valence-corrected chi connectivity index (χ3v) is 4.05. The van der Waals surface area contributed by atoms with Gasteiger partial charge in [0, 0.05) is 10.0 Å². The molecule has 0 saturated heterocycles. The Morgan fingerprint density at radius 2 is 1.43 bits per heavy atom. The van der Waals surface area contributed by atoms with E-state index in [9.17, 15) is 14.4 Å². The van der Waals surface area contributed by atoms with Gasteiger partial charge in [-0.3, -0.25) is 19.3 Å². The normalized spacial score (nSPS) is 13.5. The van der Waals surface area contributed by atoms with Crippen molar-refractivity contribution in [1.82, 2.24) is 4.90 Å². The van der Waals surface area contributed by atoms with Gasteiger partial charge in [0.2, 0.25) is 0 Å². The molecule has 104 valence electrons. The van der Waals surface area contributed by atoms with Gasteiger partial charge in [0.25, 0.3) is 11.8 Å². The zero-order chi connectivity index (χ0) is 15.0. The fourth-order valence-corrected chi connectivity index (χ4v) is 2.80. The second-order valence-corrected chi connectivity index (χ2v) is 5.50. The number of fused-ring (bicyclic) bond motifs is 1. The lowest BCUT2D eigenvalue weighted by Gasteiger charge is -2.13. The van der Waals surface area contributed by atoms with Crippen LogP contribution in [0.5, 0.6) is 0 Å². The van der Waals surface area contributed by atoms with Crippen molar-refractivity contribution < 1.29 is 14.4 Å². The lowest BCUT2D eigenvalue weighted by atomic mass is 10.1. The van der Waals surface area contributed by atoms with Crippen molar-refractivity contribution >= 4 is 33.5 Å². The number of rotatable bonds is 3. The Labute approximate surface area is 129 Å². The summed E-state index contributed by atoms with van der Waals surface area (Å²) in [6.07, 6.45) is 0. The zero-order valence-corrected chi connectivity index (χ0v) is 12.5. The van der Waals surface area contributed by atoms with Gasteiger partial charge in [0.15, 0.2) is 5.78 Å². The first-order valence-electron chi connectivity index (χ1n) is 6.32. The van der Waals surface area contributed by atoms with Crippen molar-refractivity contribution in [3.63, 3.8) is 0 Å². The SMILES string of the molecule is O=C(CN1C(=O)c2ccccc2C1=O)c1ccccc1Br. The van der Waals surface area contributed by atoms with E-state index in [0.29, 0.717) is 21.2 Å². The predicted molar refractivity (Wildman–Crippen MR) is 80.3 cm³/mol. The number of ketones is 1. The Kier molecular flexibility index (Phi) is 3.43.